The molecule has 1 heterocycles. The lowest BCUT2D eigenvalue weighted by Crippen LogP contribution is -2.13. The normalized spacial score (nSPS) is 11.3. The van der Waals surface area contributed by atoms with E-state index in [0.29, 0.717) is 0 Å². The van der Waals surface area contributed by atoms with Crippen molar-refractivity contribution in [1.29, 1.82) is 0 Å². The first-order valence-corrected chi connectivity index (χ1v) is 8.52. The van der Waals surface area contributed by atoms with Crippen molar-refractivity contribution in [3.8, 4) is 5.75 Å². The molecule has 0 aliphatic heterocycles. The van der Waals surface area contributed by atoms with Crippen molar-refractivity contribution in [3.05, 3.63) is 65.9 Å². The van der Waals surface area contributed by atoms with Gasteiger partial charge in [-0.25, -0.2) is 0 Å². The van der Waals surface area contributed by atoms with Crippen LogP contribution in [-0.4, -0.2) is 37.2 Å². The van der Waals surface area contributed by atoms with E-state index in [1.165, 1.54) is 28.5 Å². The molecule has 0 atom stereocenters. The van der Waals surface area contributed by atoms with E-state index in [4.69, 9.17) is 4.74 Å². The molecule has 0 aliphatic rings. The van der Waals surface area contributed by atoms with Gasteiger partial charge in [0.25, 0.3) is 0 Å². The number of ether oxygens (including phenoxy) is 1. The fourth-order valence-electron chi connectivity index (χ4n) is 3.17. The van der Waals surface area contributed by atoms with Gasteiger partial charge in [-0.05, 0) is 56.7 Å². The largest absolute Gasteiger partial charge is 0.497 e. The quantitative estimate of drug-likeness (QED) is 0.649. The van der Waals surface area contributed by atoms with Gasteiger partial charge in [0.2, 0.25) is 0 Å². The predicted molar refractivity (Wildman–Crippen MR) is 101 cm³/mol. The van der Waals surface area contributed by atoms with Crippen LogP contribution in [0, 0.1) is 0 Å². The average Bonchev–Trinajstić information content (AvgIpc) is 2.92. The highest BCUT2D eigenvalue weighted by Gasteiger charge is 2.10. The van der Waals surface area contributed by atoms with Crippen molar-refractivity contribution in [2.45, 2.75) is 19.4 Å². The fraction of sp³-hybridized carbons (Fsp3) is 0.333. The van der Waals surface area contributed by atoms with Gasteiger partial charge in [-0.1, -0.05) is 30.3 Å². The Hall–Kier alpha value is -2.26. The Labute approximate surface area is 144 Å². The van der Waals surface area contributed by atoms with Crippen LogP contribution in [0.5, 0.6) is 5.75 Å². The molecule has 0 unspecified atom stereocenters. The Morgan fingerprint density at radius 1 is 1.04 bits per heavy atom. The van der Waals surface area contributed by atoms with Crippen LogP contribution in [0.25, 0.3) is 10.9 Å². The molecule has 0 saturated heterocycles. The van der Waals surface area contributed by atoms with Gasteiger partial charge < -0.3 is 14.2 Å². The summed E-state index contributed by atoms with van der Waals surface area (Å²) < 4.78 is 7.77. The van der Waals surface area contributed by atoms with Crippen LogP contribution in [0.3, 0.4) is 0 Å². The summed E-state index contributed by atoms with van der Waals surface area (Å²) in [7, 11) is 5.98. The number of rotatable bonds is 7. The molecule has 3 heteroatoms. The maximum absolute atomic E-state index is 5.43. The van der Waals surface area contributed by atoms with Gasteiger partial charge in [-0.3, -0.25) is 0 Å². The summed E-state index contributed by atoms with van der Waals surface area (Å²) in [4.78, 5) is 2.24. The Bertz CT molecular complexity index is 790. The molecule has 0 amide bonds. The van der Waals surface area contributed by atoms with Gasteiger partial charge in [-0.2, -0.15) is 0 Å². The zero-order valence-electron chi connectivity index (χ0n) is 14.8. The lowest BCUT2D eigenvalue weighted by Gasteiger charge is -2.08. The second-order valence-corrected chi connectivity index (χ2v) is 6.56. The molecule has 3 aromatic rings. The maximum atomic E-state index is 5.43. The number of hydrogen-bond acceptors (Lipinski definition) is 2. The first-order chi connectivity index (χ1) is 11.7. The minimum atomic E-state index is 0.887. The average molecular weight is 322 g/mol. The van der Waals surface area contributed by atoms with Crippen molar-refractivity contribution in [2.24, 2.45) is 0 Å². The van der Waals surface area contributed by atoms with Crippen molar-refractivity contribution >= 4 is 10.9 Å². The molecule has 0 N–H and O–H groups in total. The van der Waals surface area contributed by atoms with E-state index in [2.05, 4.69) is 78.3 Å². The summed E-state index contributed by atoms with van der Waals surface area (Å²) in [6.07, 6.45) is 4.58. The molecule has 2 aromatic carbocycles. The first kappa shape index (κ1) is 16.6. The Morgan fingerprint density at radius 3 is 2.54 bits per heavy atom. The van der Waals surface area contributed by atoms with Crippen LogP contribution in [-0.2, 0) is 13.0 Å². The zero-order chi connectivity index (χ0) is 16.9. The third kappa shape index (κ3) is 3.80. The number of nitrogens with zero attached hydrogens (tertiary/aromatic N) is 2. The molecule has 0 radical (unpaired) electrons. The SMILES string of the molecule is COc1ccc2c(CCCN(C)C)cn(Cc3ccccc3)c2c1. The first-order valence-electron chi connectivity index (χ1n) is 8.52. The van der Waals surface area contributed by atoms with Gasteiger partial charge in [0.05, 0.1) is 12.6 Å². The number of methoxy groups -OCH3 is 1. The molecule has 126 valence electrons. The topological polar surface area (TPSA) is 17.4 Å². The van der Waals surface area contributed by atoms with Gasteiger partial charge in [0.1, 0.15) is 5.75 Å². The maximum Gasteiger partial charge on any atom is 0.120 e. The van der Waals surface area contributed by atoms with Crippen molar-refractivity contribution in [2.75, 3.05) is 27.7 Å². The molecule has 0 saturated carbocycles. The highest BCUT2D eigenvalue weighted by Crippen LogP contribution is 2.27. The standard InChI is InChI=1S/C21H26N2O/c1-22(2)13-7-10-18-16-23(15-17-8-5-4-6-9-17)21-14-19(24-3)11-12-20(18)21/h4-6,8-9,11-12,14,16H,7,10,13,15H2,1-3H3. The Morgan fingerprint density at radius 2 is 1.83 bits per heavy atom. The summed E-state index contributed by atoms with van der Waals surface area (Å²) in [5.41, 5.74) is 3.99. The molecule has 0 bridgehead atoms. The highest BCUT2D eigenvalue weighted by atomic mass is 16.5. The third-order valence-electron chi connectivity index (χ3n) is 4.42. The van der Waals surface area contributed by atoms with E-state index in [1.54, 1.807) is 7.11 Å². The Balaban J connectivity index is 1.93. The number of aromatic nitrogens is 1. The van der Waals surface area contributed by atoms with Crippen LogP contribution in [0.2, 0.25) is 0 Å². The van der Waals surface area contributed by atoms with Gasteiger partial charge >= 0.3 is 0 Å². The number of aryl methyl sites for hydroxylation is 1. The summed E-state index contributed by atoms with van der Waals surface area (Å²) in [6, 6.07) is 17.0. The van der Waals surface area contributed by atoms with Gasteiger partial charge in [-0.15, -0.1) is 0 Å². The lowest BCUT2D eigenvalue weighted by atomic mass is 10.1. The third-order valence-corrected chi connectivity index (χ3v) is 4.42. The van der Waals surface area contributed by atoms with Crippen LogP contribution in [0.4, 0.5) is 0 Å². The minimum Gasteiger partial charge on any atom is -0.497 e. The fourth-order valence-corrected chi connectivity index (χ4v) is 3.17. The summed E-state index contributed by atoms with van der Waals surface area (Å²) >= 11 is 0. The smallest absolute Gasteiger partial charge is 0.120 e. The van der Waals surface area contributed by atoms with Crippen LogP contribution < -0.4 is 4.74 Å². The second-order valence-electron chi connectivity index (χ2n) is 6.56. The summed E-state index contributed by atoms with van der Waals surface area (Å²) in [5.74, 6) is 0.912. The van der Waals surface area contributed by atoms with E-state index in [-0.39, 0.29) is 0 Å². The van der Waals surface area contributed by atoms with Crippen LogP contribution >= 0.6 is 0 Å². The number of hydrogen-bond donors (Lipinski definition) is 0. The molecule has 3 rings (SSSR count). The molecule has 0 aliphatic carbocycles. The molecular weight excluding hydrogens is 296 g/mol. The molecule has 0 fully saturated rings. The minimum absolute atomic E-state index is 0.887. The molecule has 24 heavy (non-hydrogen) atoms. The zero-order valence-corrected chi connectivity index (χ0v) is 14.8. The van der Waals surface area contributed by atoms with Crippen molar-refractivity contribution in [3.63, 3.8) is 0 Å². The molecule has 3 nitrogen and oxygen atoms in total. The number of fused-ring (bicyclic) bond motifs is 1. The molecule has 1 aromatic heterocycles. The number of benzene rings is 2. The summed E-state index contributed by atoms with van der Waals surface area (Å²) in [6.45, 7) is 2.00. The van der Waals surface area contributed by atoms with E-state index in [1.807, 2.05) is 0 Å². The predicted octanol–water partition coefficient (Wildman–Crippen LogP) is 4.19. The summed E-state index contributed by atoms with van der Waals surface area (Å²) in [5, 5.41) is 1.34. The Kier molecular flexibility index (Phi) is 5.21. The van der Waals surface area contributed by atoms with E-state index in [0.717, 1.165) is 25.3 Å². The molecule has 0 spiro atoms. The van der Waals surface area contributed by atoms with Crippen molar-refractivity contribution < 1.29 is 4.74 Å². The van der Waals surface area contributed by atoms with E-state index < -0.39 is 0 Å². The lowest BCUT2D eigenvalue weighted by molar-refractivity contribution is 0.400. The highest BCUT2D eigenvalue weighted by molar-refractivity contribution is 5.85. The van der Waals surface area contributed by atoms with E-state index in [9.17, 15) is 0 Å². The van der Waals surface area contributed by atoms with E-state index >= 15 is 0 Å². The van der Waals surface area contributed by atoms with Crippen LogP contribution in [0.15, 0.2) is 54.7 Å². The van der Waals surface area contributed by atoms with Crippen molar-refractivity contribution in [1.82, 2.24) is 9.47 Å². The van der Waals surface area contributed by atoms with Crippen LogP contribution in [0.1, 0.15) is 17.5 Å². The second kappa shape index (κ2) is 7.54. The molecular formula is C21H26N2O. The van der Waals surface area contributed by atoms with Gasteiger partial charge in [0, 0.05) is 24.2 Å². The monoisotopic (exact) mass is 322 g/mol. The van der Waals surface area contributed by atoms with Gasteiger partial charge in [0.15, 0.2) is 0 Å².